The van der Waals surface area contributed by atoms with Crippen molar-refractivity contribution in [2.75, 3.05) is 13.6 Å². The minimum Gasteiger partial charge on any atom is -0.457 e. The number of para-hydroxylation sites is 1. The van der Waals surface area contributed by atoms with Crippen LogP contribution in [-0.4, -0.2) is 13.6 Å². The van der Waals surface area contributed by atoms with Crippen LogP contribution in [0.2, 0.25) is 0 Å². The van der Waals surface area contributed by atoms with Crippen molar-refractivity contribution < 1.29 is 4.74 Å². The van der Waals surface area contributed by atoms with Crippen LogP contribution in [-0.2, 0) is 0 Å². The largest absolute Gasteiger partial charge is 0.457 e. The summed E-state index contributed by atoms with van der Waals surface area (Å²) in [6.07, 6.45) is 2.06. The Bertz CT molecular complexity index is 552. The van der Waals surface area contributed by atoms with Gasteiger partial charge in [-0.2, -0.15) is 0 Å². The van der Waals surface area contributed by atoms with Crippen molar-refractivity contribution in [2.24, 2.45) is 0 Å². The van der Waals surface area contributed by atoms with Crippen molar-refractivity contribution in [2.45, 2.75) is 6.92 Å². The standard InChI is InChI=1S/C17H19NO.ClH/c1-14-8-6-7-11-16(14)19-17(12-13-18-2)15-9-4-3-5-10-15;/h3-12,18H,13H2,1-2H3;1H. The van der Waals surface area contributed by atoms with Crippen molar-refractivity contribution >= 4 is 18.2 Å². The zero-order valence-electron chi connectivity index (χ0n) is 11.8. The summed E-state index contributed by atoms with van der Waals surface area (Å²) >= 11 is 0. The zero-order valence-corrected chi connectivity index (χ0v) is 12.6. The highest BCUT2D eigenvalue weighted by molar-refractivity contribution is 5.85. The van der Waals surface area contributed by atoms with E-state index in [2.05, 4.69) is 36.5 Å². The fourth-order valence-electron chi connectivity index (χ4n) is 1.81. The molecule has 0 aliphatic heterocycles. The molecule has 0 saturated carbocycles. The van der Waals surface area contributed by atoms with Gasteiger partial charge in [-0.1, -0.05) is 48.5 Å². The Kier molecular flexibility index (Phi) is 6.85. The molecule has 106 valence electrons. The first kappa shape index (κ1) is 16.3. The second-order valence-corrected chi connectivity index (χ2v) is 4.36. The molecule has 0 heterocycles. The lowest BCUT2D eigenvalue weighted by molar-refractivity contribution is 0.509. The van der Waals surface area contributed by atoms with Crippen LogP contribution in [0.25, 0.3) is 5.76 Å². The van der Waals surface area contributed by atoms with E-state index in [0.717, 1.165) is 29.2 Å². The first-order valence-electron chi connectivity index (χ1n) is 6.45. The van der Waals surface area contributed by atoms with Gasteiger partial charge in [-0.25, -0.2) is 0 Å². The molecule has 0 unspecified atom stereocenters. The van der Waals surface area contributed by atoms with Gasteiger partial charge >= 0.3 is 0 Å². The lowest BCUT2D eigenvalue weighted by Gasteiger charge is -2.12. The minimum atomic E-state index is 0. The molecule has 20 heavy (non-hydrogen) atoms. The Balaban J connectivity index is 0.00000200. The van der Waals surface area contributed by atoms with E-state index in [1.54, 1.807) is 0 Å². The molecule has 0 fully saturated rings. The third-order valence-corrected chi connectivity index (χ3v) is 2.86. The molecule has 0 aromatic heterocycles. The van der Waals surface area contributed by atoms with Crippen LogP contribution in [0.1, 0.15) is 11.1 Å². The van der Waals surface area contributed by atoms with Gasteiger partial charge in [0.1, 0.15) is 11.5 Å². The normalized spacial score (nSPS) is 10.8. The predicted molar refractivity (Wildman–Crippen MR) is 87.4 cm³/mol. The Morgan fingerprint density at radius 2 is 1.70 bits per heavy atom. The van der Waals surface area contributed by atoms with Gasteiger partial charge < -0.3 is 10.1 Å². The summed E-state index contributed by atoms with van der Waals surface area (Å²) in [4.78, 5) is 0. The molecule has 2 rings (SSSR count). The summed E-state index contributed by atoms with van der Waals surface area (Å²) in [5.41, 5.74) is 2.22. The molecule has 2 aromatic rings. The first-order valence-corrected chi connectivity index (χ1v) is 6.45. The van der Waals surface area contributed by atoms with Crippen molar-refractivity contribution in [1.82, 2.24) is 5.32 Å². The molecule has 0 aliphatic carbocycles. The zero-order chi connectivity index (χ0) is 13.5. The highest BCUT2D eigenvalue weighted by atomic mass is 35.5. The first-order chi connectivity index (χ1) is 9.31. The monoisotopic (exact) mass is 289 g/mol. The van der Waals surface area contributed by atoms with Crippen molar-refractivity contribution in [3.63, 3.8) is 0 Å². The van der Waals surface area contributed by atoms with Crippen LogP contribution in [0.4, 0.5) is 0 Å². The molecule has 2 nitrogen and oxygen atoms in total. The summed E-state index contributed by atoms with van der Waals surface area (Å²) in [5, 5.41) is 3.11. The van der Waals surface area contributed by atoms with Crippen LogP contribution < -0.4 is 10.1 Å². The molecular weight excluding hydrogens is 270 g/mol. The maximum absolute atomic E-state index is 6.05. The number of ether oxygens (including phenoxy) is 1. The van der Waals surface area contributed by atoms with Gasteiger partial charge in [-0.3, -0.25) is 0 Å². The number of nitrogens with one attached hydrogen (secondary N) is 1. The Morgan fingerprint density at radius 3 is 2.35 bits per heavy atom. The summed E-state index contributed by atoms with van der Waals surface area (Å²) in [6.45, 7) is 2.83. The van der Waals surface area contributed by atoms with Crippen LogP contribution in [0, 0.1) is 6.92 Å². The van der Waals surface area contributed by atoms with Gasteiger partial charge in [0.05, 0.1) is 0 Å². The fourth-order valence-corrected chi connectivity index (χ4v) is 1.81. The van der Waals surface area contributed by atoms with E-state index in [-0.39, 0.29) is 12.4 Å². The van der Waals surface area contributed by atoms with Gasteiger partial charge in [0, 0.05) is 12.1 Å². The molecule has 0 amide bonds. The Hall–Kier alpha value is -1.77. The van der Waals surface area contributed by atoms with E-state index < -0.39 is 0 Å². The maximum atomic E-state index is 6.05. The summed E-state index contributed by atoms with van der Waals surface area (Å²) in [5.74, 6) is 1.78. The van der Waals surface area contributed by atoms with E-state index >= 15 is 0 Å². The molecule has 0 spiro atoms. The van der Waals surface area contributed by atoms with Crippen molar-refractivity contribution in [3.8, 4) is 5.75 Å². The molecular formula is C17H20ClNO. The van der Waals surface area contributed by atoms with Crippen molar-refractivity contribution in [3.05, 3.63) is 71.8 Å². The number of benzene rings is 2. The summed E-state index contributed by atoms with van der Waals surface area (Å²) < 4.78 is 6.05. The quantitative estimate of drug-likeness (QED) is 0.838. The second kappa shape index (κ2) is 8.41. The number of likely N-dealkylation sites (N-methyl/N-ethyl adjacent to an activating group) is 1. The fraction of sp³-hybridized carbons (Fsp3) is 0.176. The SMILES string of the molecule is CNCC=C(Oc1ccccc1C)c1ccccc1.Cl. The second-order valence-electron chi connectivity index (χ2n) is 4.36. The Morgan fingerprint density at radius 1 is 1.05 bits per heavy atom. The number of halogens is 1. The minimum absolute atomic E-state index is 0. The van der Waals surface area contributed by atoms with Crippen LogP contribution in [0.3, 0.4) is 0 Å². The molecule has 3 heteroatoms. The highest BCUT2D eigenvalue weighted by Gasteiger charge is 2.05. The Labute approximate surface area is 126 Å². The lowest BCUT2D eigenvalue weighted by atomic mass is 10.1. The van der Waals surface area contributed by atoms with Gasteiger partial charge in [0.25, 0.3) is 0 Å². The molecule has 0 aliphatic rings. The van der Waals surface area contributed by atoms with E-state index in [0.29, 0.717) is 0 Å². The van der Waals surface area contributed by atoms with Crippen molar-refractivity contribution in [1.29, 1.82) is 0 Å². The molecule has 0 atom stereocenters. The van der Waals surface area contributed by atoms with Crippen LogP contribution >= 0.6 is 12.4 Å². The van der Waals surface area contributed by atoms with Gasteiger partial charge in [-0.05, 0) is 31.7 Å². The van der Waals surface area contributed by atoms with E-state index in [1.807, 2.05) is 43.4 Å². The molecule has 0 saturated heterocycles. The average molecular weight is 290 g/mol. The smallest absolute Gasteiger partial charge is 0.131 e. The number of hydrogen-bond donors (Lipinski definition) is 1. The van der Waals surface area contributed by atoms with E-state index in [1.165, 1.54) is 0 Å². The van der Waals surface area contributed by atoms with Crippen LogP contribution in [0.15, 0.2) is 60.7 Å². The third-order valence-electron chi connectivity index (χ3n) is 2.86. The third kappa shape index (κ3) is 4.41. The van der Waals surface area contributed by atoms with E-state index in [9.17, 15) is 0 Å². The van der Waals surface area contributed by atoms with Gasteiger partial charge in [0.2, 0.25) is 0 Å². The lowest BCUT2D eigenvalue weighted by Crippen LogP contribution is -2.07. The molecule has 1 N–H and O–H groups in total. The van der Waals surface area contributed by atoms with Gasteiger partial charge in [-0.15, -0.1) is 12.4 Å². The predicted octanol–water partition coefficient (Wildman–Crippen LogP) is 4.06. The molecule has 0 bridgehead atoms. The van der Waals surface area contributed by atoms with Gasteiger partial charge in [0.15, 0.2) is 0 Å². The molecule has 0 radical (unpaired) electrons. The summed E-state index contributed by atoms with van der Waals surface area (Å²) in [7, 11) is 1.92. The number of aryl methyl sites for hydroxylation is 1. The number of rotatable bonds is 5. The molecule has 2 aromatic carbocycles. The number of hydrogen-bond acceptors (Lipinski definition) is 2. The van der Waals surface area contributed by atoms with Crippen LogP contribution in [0.5, 0.6) is 5.75 Å². The average Bonchev–Trinajstić information content (AvgIpc) is 2.46. The summed E-state index contributed by atoms with van der Waals surface area (Å²) in [6, 6.07) is 18.2. The van der Waals surface area contributed by atoms with E-state index in [4.69, 9.17) is 4.74 Å². The highest BCUT2D eigenvalue weighted by Crippen LogP contribution is 2.23. The topological polar surface area (TPSA) is 21.3 Å². The maximum Gasteiger partial charge on any atom is 0.131 e.